The zero-order valence-electron chi connectivity index (χ0n) is 19.8. The average Bonchev–Trinajstić information content (AvgIpc) is 3.59. The van der Waals surface area contributed by atoms with Crippen LogP contribution in [0.2, 0.25) is 0 Å². The third-order valence-corrected chi connectivity index (χ3v) is 5.98. The Kier molecular flexibility index (Phi) is 6.63. The van der Waals surface area contributed by atoms with Gasteiger partial charge in [-0.15, -0.1) is 0 Å². The highest BCUT2D eigenvalue weighted by molar-refractivity contribution is 5.91. The van der Waals surface area contributed by atoms with Gasteiger partial charge in [0.25, 0.3) is 0 Å². The lowest BCUT2D eigenvalue weighted by Crippen LogP contribution is -2.00. The summed E-state index contributed by atoms with van der Waals surface area (Å²) in [7, 11) is 1.89. The Labute approximate surface area is 198 Å². The molecular formula is C27H28FN3O3. The molecule has 1 N–H and O–H groups in total. The first-order chi connectivity index (χ1) is 16.2. The monoisotopic (exact) mass is 461 g/mol. The number of aliphatic carboxylic acids is 1. The maximum absolute atomic E-state index is 14.4. The molecule has 7 heteroatoms. The molecule has 0 radical (unpaired) electrons. The zero-order chi connectivity index (χ0) is 24.4. The molecule has 2 heterocycles. The number of rotatable bonds is 5. The minimum Gasteiger partial charge on any atom is -0.489 e. The van der Waals surface area contributed by atoms with Crippen molar-refractivity contribution in [1.82, 2.24) is 14.8 Å². The minimum atomic E-state index is -0.630. The average molecular weight is 462 g/mol. The fourth-order valence-electron chi connectivity index (χ4n) is 3.69. The van der Waals surface area contributed by atoms with Crippen molar-refractivity contribution in [2.75, 3.05) is 0 Å². The highest BCUT2D eigenvalue weighted by atomic mass is 19.1. The van der Waals surface area contributed by atoms with Gasteiger partial charge in [-0.25, -0.2) is 9.37 Å². The number of carboxylic acid groups (broad SMARTS) is 1. The lowest BCUT2D eigenvalue weighted by molar-refractivity contribution is -0.138. The molecule has 4 aromatic rings. The first kappa shape index (κ1) is 23.4. The van der Waals surface area contributed by atoms with Crippen molar-refractivity contribution in [2.24, 2.45) is 13.0 Å². The number of halogens is 1. The maximum Gasteiger partial charge on any atom is 0.306 e. The summed E-state index contributed by atoms with van der Waals surface area (Å²) in [6.45, 7) is 6.20. The third kappa shape index (κ3) is 5.25. The Morgan fingerprint density at radius 3 is 2.53 bits per heavy atom. The SMILES string of the molecule is Cc1cc(-c2ccc(F)c(COc3ccc(C)c(C)c3)c2)c2c(cnn2C)n1.O=C(O)C1CC1. The number of carbonyl (C=O) groups is 1. The predicted octanol–water partition coefficient (Wildman–Crippen LogP) is 5.76. The molecule has 2 aromatic carbocycles. The van der Waals surface area contributed by atoms with Gasteiger partial charge in [-0.05, 0) is 80.6 Å². The summed E-state index contributed by atoms with van der Waals surface area (Å²) in [6, 6.07) is 13.0. The summed E-state index contributed by atoms with van der Waals surface area (Å²) in [5, 5.41) is 12.4. The number of nitrogens with zero attached hydrogens (tertiary/aromatic N) is 3. The van der Waals surface area contributed by atoms with E-state index < -0.39 is 5.97 Å². The molecule has 0 atom stereocenters. The van der Waals surface area contributed by atoms with Crippen LogP contribution >= 0.6 is 0 Å². The smallest absolute Gasteiger partial charge is 0.306 e. The summed E-state index contributed by atoms with van der Waals surface area (Å²) in [4.78, 5) is 14.3. The number of carboxylic acids is 1. The van der Waals surface area contributed by atoms with Crippen LogP contribution in [-0.2, 0) is 18.4 Å². The van der Waals surface area contributed by atoms with Crippen molar-refractivity contribution in [3.8, 4) is 16.9 Å². The van der Waals surface area contributed by atoms with Gasteiger partial charge in [0.2, 0.25) is 0 Å². The Hall–Kier alpha value is -3.74. The second-order valence-electron chi connectivity index (χ2n) is 8.77. The van der Waals surface area contributed by atoms with Crippen molar-refractivity contribution in [2.45, 2.75) is 40.2 Å². The molecule has 0 aliphatic heterocycles. The van der Waals surface area contributed by atoms with Crippen LogP contribution < -0.4 is 4.74 Å². The normalized spacial score (nSPS) is 12.9. The fraction of sp³-hybridized carbons (Fsp3) is 0.296. The van der Waals surface area contributed by atoms with E-state index in [1.54, 1.807) is 16.9 Å². The number of aromatic nitrogens is 3. The summed E-state index contributed by atoms with van der Waals surface area (Å²) in [5.41, 5.74) is 7.42. The molecule has 5 rings (SSSR count). The second kappa shape index (κ2) is 9.63. The highest BCUT2D eigenvalue weighted by Crippen LogP contribution is 2.30. The molecule has 0 saturated heterocycles. The Morgan fingerprint density at radius 2 is 1.88 bits per heavy atom. The van der Waals surface area contributed by atoms with E-state index in [0.29, 0.717) is 5.56 Å². The van der Waals surface area contributed by atoms with E-state index in [1.807, 2.05) is 51.2 Å². The van der Waals surface area contributed by atoms with E-state index in [1.165, 1.54) is 11.6 Å². The van der Waals surface area contributed by atoms with Crippen molar-refractivity contribution >= 4 is 17.0 Å². The molecule has 176 valence electrons. The summed E-state index contributed by atoms with van der Waals surface area (Å²) >= 11 is 0. The van der Waals surface area contributed by atoms with Gasteiger partial charge in [0.15, 0.2) is 0 Å². The molecule has 6 nitrogen and oxygen atoms in total. The van der Waals surface area contributed by atoms with Gasteiger partial charge in [0.05, 0.1) is 17.6 Å². The third-order valence-electron chi connectivity index (χ3n) is 5.98. The molecule has 1 aliphatic carbocycles. The number of hydrogen-bond donors (Lipinski definition) is 1. The molecule has 1 aliphatic rings. The molecule has 0 amide bonds. The first-order valence-electron chi connectivity index (χ1n) is 11.2. The minimum absolute atomic E-state index is 0.0185. The topological polar surface area (TPSA) is 77.2 Å². The number of pyridine rings is 1. The van der Waals surface area contributed by atoms with Gasteiger partial charge in [-0.2, -0.15) is 5.10 Å². The number of ether oxygens (including phenoxy) is 1. The van der Waals surface area contributed by atoms with Gasteiger partial charge < -0.3 is 9.84 Å². The van der Waals surface area contributed by atoms with E-state index in [2.05, 4.69) is 17.0 Å². The molecule has 0 unspecified atom stereocenters. The van der Waals surface area contributed by atoms with Crippen LogP contribution in [0.15, 0.2) is 48.7 Å². The van der Waals surface area contributed by atoms with Crippen LogP contribution in [0.25, 0.3) is 22.2 Å². The maximum atomic E-state index is 14.4. The molecule has 0 spiro atoms. The van der Waals surface area contributed by atoms with Gasteiger partial charge in [-0.1, -0.05) is 12.1 Å². The Balaban J connectivity index is 0.000000398. The van der Waals surface area contributed by atoms with Crippen LogP contribution in [0.5, 0.6) is 5.75 Å². The first-order valence-corrected chi connectivity index (χ1v) is 11.2. The van der Waals surface area contributed by atoms with E-state index in [0.717, 1.165) is 52.0 Å². The zero-order valence-corrected chi connectivity index (χ0v) is 19.8. The van der Waals surface area contributed by atoms with Gasteiger partial charge in [-0.3, -0.25) is 9.48 Å². The van der Waals surface area contributed by atoms with E-state index in [9.17, 15) is 9.18 Å². The lowest BCUT2D eigenvalue weighted by Gasteiger charge is -2.12. The van der Waals surface area contributed by atoms with Crippen molar-refractivity contribution in [3.63, 3.8) is 0 Å². The fourth-order valence-corrected chi connectivity index (χ4v) is 3.69. The highest BCUT2D eigenvalue weighted by Gasteiger charge is 2.28. The Bertz CT molecular complexity index is 1360. The molecule has 1 fully saturated rings. The van der Waals surface area contributed by atoms with Crippen LogP contribution in [0, 0.1) is 32.5 Å². The Morgan fingerprint density at radius 1 is 1.12 bits per heavy atom. The summed E-state index contributed by atoms with van der Waals surface area (Å²) in [5.74, 6) is -0.152. The van der Waals surface area contributed by atoms with Crippen LogP contribution in [-0.4, -0.2) is 25.8 Å². The lowest BCUT2D eigenvalue weighted by atomic mass is 10.0. The van der Waals surface area contributed by atoms with E-state index >= 15 is 0 Å². The quantitative estimate of drug-likeness (QED) is 0.409. The number of benzene rings is 2. The van der Waals surface area contributed by atoms with Crippen molar-refractivity contribution < 1.29 is 19.0 Å². The molecule has 1 saturated carbocycles. The predicted molar refractivity (Wildman–Crippen MR) is 129 cm³/mol. The molecule has 0 bridgehead atoms. The number of aryl methyl sites for hydroxylation is 4. The second-order valence-corrected chi connectivity index (χ2v) is 8.77. The number of fused-ring (bicyclic) bond motifs is 1. The van der Waals surface area contributed by atoms with Crippen molar-refractivity contribution in [3.05, 3.63) is 76.9 Å². The van der Waals surface area contributed by atoms with Crippen LogP contribution in [0.4, 0.5) is 4.39 Å². The summed E-state index contributed by atoms with van der Waals surface area (Å²) < 4.78 is 22.1. The molecular weight excluding hydrogens is 433 g/mol. The van der Waals surface area contributed by atoms with Gasteiger partial charge >= 0.3 is 5.97 Å². The van der Waals surface area contributed by atoms with Crippen molar-refractivity contribution in [1.29, 1.82) is 0 Å². The number of hydrogen-bond acceptors (Lipinski definition) is 4. The molecule has 34 heavy (non-hydrogen) atoms. The van der Waals surface area contributed by atoms with Crippen LogP contribution in [0.1, 0.15) is 35.2 Å². The largest absolute Gasteiger partial charge is 0.489 e. The standard InChI is InChI=1S/C23H22FN3O.C4H6O2/c1-14-5-7-19(9-15(14)2)28-13-18-11-17(6-8-21(18)24)20-10-16(3)26-22-12-25-27(4)23(20)22;5-4(6)3-1-2-3/h5-12H,13H2,1-4H3;3H,1-2H2,(H,5,6). The van der Waals surface area contributed by atoms with Crippen LogP contribution in [0.3, 0.4) is 0 Å². The van der Waals surface area contributed by atoms with Gasteiger partial charge in [0, 0.05) is 23.9 Å². The van der Waals surface area contributed by atoms with Gasteiger partial charge in [0.1, 0.15) is 23.7 Å². The van der Waals surface area contributed by atoms with E-state index in [4.69, 9.17) is 9.84 Å². The summed E-state index contributed by atoms with van der Waals surface area (Å²) in [6.07, 6.45) is 3.55. The molecule has 2 aromatic heterocycles. The van der Waals surface area contributed by atoms with E-state index in [-0.39, 0.29) is 18.3 Å².